The van der Waals surface area contributed by atoms with Crippen molar-refractivity contribution >= 4 is 44.1 Å². The van der Waals surface area contributed by atoms with Crippen molar-refractivity contribution < 1.29 is 9.30 Å². The van der Waals surface area contributed by atoms with E-state index in [0.717, 1.165) is 37.6 Å². The van der Waals surface area contributed by atoms with Gasteiger partial charge in [0.1, 0.15) is 11.2 Å². The Kier molecular flexibility index (Phi) is 6.45. The van der Waals surface area contributed by atoms with Crippen LogP contribution in [0.25, 0.3) is 27.1 Å². The molecule has 0 bridgehead atoms. The number of thiazole rings is 1. The molecule has 0 amide bonds. The highest BCUT2D eigenvalue weighted by atomic mass is 32.1. The third-order valence-electron chi connectivity index (χ3n) is 7.48. The SMILES string of the molecule is CCN1/C(=C/C=C/C2=CC(=C/c3sc4ccccc4[n+]3CC)/CC(C)(C)C2)Oc2ccc3ccccc3c21. The maximum Gasteiger partial charge on any atom is 0.263 e. The molecule has 2 aliphatic rings. The molecule has 0 fully saturated rings. The highest BCUT2D eigenvalue weighted by molar-refractivity contribution is 7.18. The fourth-order valence-corrected chi connectivity index (χ4v) is 7.12. The topological polar surface area (TPSA) is 16.4 Å². The van der Waals surface area contributed by atoms with Crippen molar-refractivity contribution in [2.75, 3.05) is 11.4 Å². The van der Waals surface area contributed by atoms with Gasteiger partial charge in [-0.2, -0.15) is 4.57 Å². The predicted molar refractivity (Wildman–Crippen MR) is 162 cm³/mol. The number of allylic oxidation sites excluding steroid dienone is 6. The molecule has 4 aromatic rings. The Labute approximate surface area is 229 Å². The van der Waals surface area contributed by atoms with Crippen LogP contribution in [0.3, 0.4) is 0 Å². The van der Waals surface area contributed by atoms with E-state index >= 15 is 0 Å². The molecule has 0 radical (unpaired) electrons. The molecule has 0 spiro atoms. The number of hydrogen-bond acceptors (Lipinski definition) is 3. The van der Waals surface area contributed by atoms with Crippen molar-refractivity contribution in [1.29, 1.82) is 0 Å². The van der Waals surface area contributed by atoms with Crippen LogP contribution in [0.4, 0.5) is 5.69 Å². The Morgan fingerprint density at radius 2 is 1.82 bits per heavy atom. The molecule has 0 atom stereocenters. The summed E-state index contributed by atoms with van der Waals surface area (Å²) in [6.07, 6.45) is 13.5. The summed E-state index contributed by atoms with van der Waals surface area (Å²) in [7, 11) is 0. The number of para-hydroxylation sites is 1. The molecule has 3 aromatic carbocycles. The minimum atomic E-state index is 0.218. The second kappa shape index (κ2) is 9.92. The van der Waals surface area contributed by atoms with Gasteiger partial charge in [0.15, 0.2) is 5.75 Å². The summed E-state index contributed by atoms with van der Waals surface area (Å²) >= 11 is 1.88. The Hall–Kier alpha value is -3.63. The fourth-order valence-electron chi connectivity index (χ4n) is 5.92. The molecule has 1 aromatic heterocycles. The molecule has 38 heavy (non-hydrogen) atoms. The highest BCUT2D eigenvalue weighted by Crippen LogP contribution is 2.44. The van der Waals surface area contributed by atoms with Crippen LogP contribution in [0.5, 0.6) is 5.75 Å². The summed E-state index contributed by atoms with van der Waals surface area (Å²) < 4.78 is 10.1. The van der Waals surface area contributed by atoms with E-state index in [0.29, 0.717) is 0 Å². The van der Waals surface area contributed by atoms with Crippen molar-refractivity contribution in [3.8, 4) is 5.75 Å². The molecule has 6 rings (SSSR count). The molecule has 0 unspecified atom stereocenters. The minimum absolute atomic E-state index is 0.218. The molecule has 1 aliphatic carbocycles. The number of anilines is 1. The highest BCUT2D eigenvalue weighted by Gasteiger charge is 2.28. The molecule has 4 heteroatoms. The van der Waals surface area contributed by atoms with Crippen LogP contribution in [0.2, 0.25) is 0 Å². The lowest BCUT2D eigenvalue weighted by atomic mass is 9.75. The second-order valence-corrected chi connectivity index (χ2v) is 12.0. The van der Waals surface area contributed by atoms with Gasteiger partial charge >= 0.3 is 0 Å². The largest absolute Gasteiger partial charge is 0.439 e. The first-order chi connectivity index (χ1) is 18.5. The Morgan fingerprint density at radius 3 is 2.66 bits per heavy atom. The van der Waals surface area contributed by atoms with E-state index in [4.69, 9.17) is 4.74 Å². The van der Waals surface area contributed by atoms with Crippen LogP contribution in [-0.4, -0.2) is 6.54 Å². The zero-order chi connectivity index (χ0) is 26.3. The normalized spacial score (nSPS) is 19.1. The summed E-state index contributed by atoms with van der Waals surface area (Å²) in [6.45, 7) is 11.0. The third kappa shape index (κ3) is 4.58. The molecule has 0 saturated carbocycles. The van der Waals surface area contributed by atoms with E-state index in [2.05, 4.69) is 128 Å². The van der Waals surface area contributed by atoms with Gasteiger partial charge in [-0.25, -0.2) is 0 Å². The fraction of sp³-hybridized carbons (Fsp3) is 0.265. The van der Waals surface area contributed by atoms with Gasteiger partial charge in [0.25, 0.3) is 5.01 Å². The first-order valence-corrected chi connectivity index (χ1v) is 14.5. The molecule has 0 N–H and O–H groups in total. The van der Waals surface area contributed by atoms with Gasteiger partial charge in [0.2, 0.25) is 11.4 Å². The van der Waals surface area contributed by atoms with Crippen LogP contribution < -0.4 is 14.2 Å². The van der Waals surface area contributed by atoms with Crippen LogP contribution >= 0.6 is 11.3 Å². The first-order valence-electron chi connectivity index (χ1n) is 13.6. The van der Waals surface area contributed by atoms with Crippen molar-refractivity contribution in [2.24, 2.45) is 5.41 Å². The average Bonchev–Trinajstić information content (AvgIpc) is 3.44. The first kappa shape index (κ1) is 24.7. The molecule has 1 aliphatic heterocycles. The van der Waals surface area contributed by atoms with E-state index in [1.165, 1.54) is 42.8 Å². The van der Waals surface area contributed by atoms with Gasteiger partial charge < -0.3 is 9.64 Å². The number of nitrogens with zero attached hydrogens (tertiary/aromatic N) is 2. The number of benzene rings is 3. The van der Waals surface area contributed by atoms with Crippen molar-refractivity contribution in [1.82, 2.24) is 0 Å². The lowest BCUT2D eigenvalue weighted by Crippen LogP contribution is -2.33. The van der Waals surface area contributed by atoms with Crippen molar-refractivity contribution in [2.45, 2.75) is 47.1 Å². The van der Waals surface area contributed by atoms with Gasteiger partial charge in [-0.3, -0.25) is 0 Å². The lowest BCUT2D eigenvalue weighted by Gasteiger charge is -2.30. The van der Waals surface area contributed by atoms with E-state index in [1.54, 1.807) is 0 Å². The number of aryl methyl sites for hydroxylation is 1. The maximum atomic E-state index is 6.31. The van der Waals surface area contributed by atoms with E-state index in [9.17, 15) is 0 Å². The van der Waals surface area contributed by atoms with Crippen LogP contribution in [0.15, 0.2) is 102 Å². The predicted octanol–water partition coefficient (Wildman–Crippen LogP) is 8.81. The zero-order valence-corrected chi connectivity index (χ0v) is 23.5. The number of aromatic nitrogens is 1. The van der Waals surface area contributed by atoms with E-state index in [-0.39, 0.29) is 5.41 Å². The number of ether oxygens (including phenoxy) is 1. The summed E-state index contributed by atoms with van der Waals surface area (Å²) in [5.74, 6) is 1.82. The van der Waals surface area contributed by atoms with Gasteiger partial charge in [-0.05, 0) is 66.8 Å². The summed E-state index contributed by atoms with van der Waals surface area (Å²) in [4.78, 5) is 2.28. The Balaban J connectivity index is 1.30. The number of fused-ring (bicyclic) bond motifs is 4. The zero-order valence-electron chi connectivity index (χ0n) is 22.7. The van der Waals surface area contributed by atoms with Gasteiger partial charge in [0.05, 0.1) is 5.69 Å². The summed E-state index contributed by atoms with van der Waals surface area (Å²) in [5.41, 5.74) is 5.46. The second-order valence-electron chi connectivity index (χ2n) is 11.0. The molecule has 2 heterocycles. The molecule has 192 valence electrons. The van der Waals surface area contributed by atoms with Crippen LogP contribution in [0, 0.1) is 5.41 Å². The average molecular weight is 520 g/mol. The quantitative estimate of drug-likeness (QED) is 0.245. The minimum Gasteiger partial charge on any atom is -0.439 e. The summed E-state index contributed by atoms with van der Waals surface area (Å²) in [5, 5.41) is 3.80. The summed E-state index contributed by atoms with van der Waals surface area (Å²) in [6, 6.07) is 21.5. The van der Waals surface area contributed by atoms with Crippen LogP contribution in [0.1, 0.15) is 45.5 Å². The maximum absolute atomic E-state index is 6.31. The van der Waals surface area contributed by atoms with Gasteiger partial charge in [-0.1, -0.05) is 85.9 Å². The number of hydrogen-bond donors (Lipinski definition) is 0. The van der Waals surface area contributed by atoms with E-state index in [1.807, 2.05) is 11.3 Å². The van der Waals surface area contributed by atoms with Crippen molar-refractivity contribution in [3.63, 3.8) is 0 Å². The van der Waals surface area contributed by atoms with Gasteiger partial charge in [0, 0.05) is 24.1 Å². The van der Waals surface area contributed by atoms with Crippen LogP contribution in [-0.2, 0) is 6.54 Å². The molecular weight excluding hydrogens is 484 g/mol. The standard InChI is InChI=1S/C34H35N2OS/c1-5-35-28-15-9-10-16-30(28)38-32(35)21-25-20-24(22-34(3,4)23-25)12-11-17-31-36(6-2)33-27-14-8-7-13-26(27)18-19-29(33)37-31/h7-21H,5-6,22-23H2,1-4H3/q+1. The third-order valence-corrected chi connectivity index (χ3v) is 8.59. The van der Waals surface area contributed by atoms with Crippen molar-refractivity contribution in [3.05, 3.63) is 107 Å². The molecule has 3 nitrogen and oxygen atoms in total. The lowest BCUT2D eigenvalue weighted by molar-refractivity contribution is -0.665. The van der Waals surface area contributed by atoms with E-state index < -0.39 is 0 Å². The molecular formula is C34H35N2OS+. The van der Waals surface area contributed by atoms with Gasteiger partial charge in [-0.15, -0.1) is 0 Å². The Morgan fingerprint density at radius 1 is 1.00 bits per heavy atom. The number of rotatable bonds is 5. The molecule has 0 saturated heterocycles. The smallest absolute Gasteiger partial charge is 0.263 e. The monoisotopic (exact) mass is 519 g/mol. The Bertz CT molecular complexity index is 1650.